The minimum absolute atomic E-state index is 0.179. The Balaban J connectivity index is 4.24. The van der Waals surface area contributed by atoms with Gasteiger partial charge in [-0.3, -0.25) is 0 Å². The van der Waals surface area contributed by atoms with E-state index in [1.807, 2.05) is 6.92 Å². The van der Waals surface area contributed by atoms with Gasteiger partial charge in [0.15, 0.2) is 0 Å². The number of rotatable bonds is 6. The molecule has 0 rings (SSSR count). The zero-order chi connectivity index (χ0) is 14.3. The van der Waals surface area contributed by atoms with Gasteiger partial charge in [0.1, 0.15) is 6.04 Å². The van der Waals surface area contributed by atoms with Gasteiger partial charge in [-0.05, 0) is 11.3 Å². The molecule has 0 radical (unpaired) electrons. The minimum Gasteiger partial charge on any atom is -0.480 e. The molecule has 0 aromatic rings. The Morgan fingerprint density at radius 2 is 1.89 bits per heavy atom. The van der Waals surface area contributed by atoms with Crippen LogP contribution in [0.1, 0.15) is 27.7 Å². The third-order valence-corrected chi connectivity index (χ3v) is 2.45. The molecular weight excluding hydrogens is 236 g/mol. The van der Waals surface area contributed by atoms with Crippen LogP contribution in [0.15, 0.2) is 0 Å². The molecule has 0 saturated carbocycles. The number of methoxy groups -OCH3 is 1. The Morgan fingerprint density at radius 1 is 1.33 bits per heavy atom. The summed E-state index contributed by atoms with van der Waals surface area (Å²) >= 11 is 0. The highest BCUT2D eigenvalue weighted by Crippen LogP contribution is 2.19. The maximum absolute atomic E-state index is 11.6. The molecule has 0 aliphatic rings. The van der Waals surface area contributed by atoms with Gasteiger partial charge in [0.2, 0.25) is 0 Å². The van der Waals surface area contributed by atoms with Gasteiger partial charge >= 0.3 is 12.0 Å². The van der Waals surface area contributed by atoms with Crippen molar-refractivity contribution in [3.63, 3.8) is 0 Å². The zero-order valence-corrected chi connectivity index (χ0v) is 11.7. The number of amides is 2. The number of carboxylic acids is 1. The fourth-order valence-electron chi connectivity index (χ4n) is 1.44. The van der Waals surface area contributed by atoms with Gasteiger partial charge in [0.25, 0.3) is 0 Å². The van der Waals surface area contributed by atoms with E-state index in [9.17, 15) is 9.59 Å². The molecule has 0 spiro atoms. The lowest BCUT2D eigenvalue weighted by molar-refractivity contribution is -0.141. The van der Waals surface area contributed by atoms with Gasteiger partial charge in [0.05, 0.1) is 6.61 Å². The van der Waals surface area contributed by atoms with E-state index in [4.69, 9.17) is 9.84 Å². The van der Waals surface area contributed by atoms with Crippen molar-refractivity contribution in [2.75, 3.05) is 20.3 Å². The molecule has 3 N–H and O–H groups in total. The number of urea groups is 1. The first-order chi connectivity index (χ1) is 8.18. The average Bonchev–Trinajstić information content (AvgIpc) is 2.21. The van der Waals surface area contributed by atoms with Gasteiger partial charge < -0.3 is 20.5 Å². The summed E-state index contributed by atoms with van der Waals surface area (Å²) in [5.74, 6) is -0.860. The van der Waals surface area contributed by atoms with E-state index in [1.54, 1.807) is 27.9 Å². The normalized spacial score (nSPS) is 14.7. The maximum atomic E-state index is 11.6. The molecular formula is C12H24N2O4. The first kappa shape index (κ1) is 16.7. The number of aliphatic carboxylic acids is 1. The standard InChI is InChI=1S/C12H24N2O4/c1-8(7-18-5)6-13-11(17)14-9(10(15)16)12(2,3)4/h8-9H,6-7H2,1-5H3,(H,15,16)(H2,13,14,17). The summed E-state index contributed by atoms with van der Waals surface area (Å²) in [6.07, 6.45) is 0. The summed E-state index contributed by atoms with van der Waals surface area (Å²) < 4.78 is 4.94. The van der Waals surface area contributed by atoms with Gasteiger partial charge in [-0.1, -0.05) is 27.7 Å². The van der Waals surface area contributed by atoms with Crippen LogP contribution in [0.3, 0.4) is 0 Å². The molecule has 6 nitrogen and oxygen atoms in total. The molecule has 0 aromatic carbocycles. The molecule has 0 aliphatic carbocycles. The summed E-state index contributed by atoms with van der Waals surface area (Å²) in [6, 6.07) is -1.39. The lowest BCUT2D eigenvalue weighted by Crippen LogP contribution is -2.52. The van der Waals surface area contributed by atoms with Crippen molar-refractivity contribution in [1.82, 2.24) is 10.6 Å². The summed E-state index contributed by atoms with van der Waals surface area (Å²) in [5.41, 5.74) is -0.540. The highest BCUT2D eigenvalue weighted by atomic mass is 16.5. The predicted octanol–water partition coefficient (Wildman–Crippen LogP) is 1.07. The van der Waals surface area contributed by atoms with Crippen LogP contribution in [0.25, 0.3) is 0 Å². The monoisotopic (exact) mass is 260 g/mol. The van der Waals surface area contributed by atoms with Crippen LogP contribution in [-0.2, 0) is 9.53 Å². The summed E-state index contributed by atoms with van der Waals surface area (Å²) in [7, 11) is 1.59. The fraction of sp³-hybridized carbons (Fsp3) is 0.833. The SMILES string of the molecule is COCC(C)CNC(=O)NC(C(=O)O)C(C)(C)C. The number of carbonyl (C=O) groups excluding carboxylic acids is 1. The number of hydrogen-bond donors (Lipinski definition) is 3. The first-order valence-corrected chi connectivity index (χ1v) is 5.94. The third kappa shape index (κ3) is 6.44. The van der Waals surface area contributed by atoms with Gasteiger partial charge in [-0.25, -0.2) is 9.59 Å². The van der Waals surface area contributed by atoms with Crippen LogP contribution in [0.5, 0.6) is 0 Å². The zero-order valence-electron chi connectivity index (χ0n) is 11.7. The molecule has 18 heavy (non-hydrogen) atoms. The number of hydrogen-bond acceptors (Lipinski definition) is 3. The summed E-state index contributed by atoms with van der Waals surface area (Å²) in [6.45, 7) is 8.21. The van der Waals surface area contributed by atoms with E-state index < -0.39 is 23.5 Å². The van der Waals surface area contributed by atoms with Crippen molar-refractivity contribution in [2.24, 2.45) is 11.3 Å². The molecule has 0 saturated heterocycles. The van der Waals surface area contributed by atoms with Gasteiger partial charge in [-0.15, -0.1) is 0 Å². The predicted molar refractivity (Wildman–Crippen MR) is 68.5 cm³/mol. The fourth-order valence-corrected chi connectivity index (χ4v) is 1.44. The maximum Gasteiger partial charge on any atom is 0.326 e. The first-order valence-electron chi connectivity index (χ1n) is 5.94. The van der Waals surface area contributed by atoms with Crippen LogP contribution >= 0.6 is 0 Å². The van der Waals surface area contributed by atoms with Crippen molar-refractivity contribution in [3.8, 4) is 0 Å². The lowest BCUT2D eigenvalue weighted by atomic mass is 9.87. The van der Waals surface area contributed by atoms with Crippen LogP contribution in [-0.4, -0.2) is 43.4 Å². The molecule has 0 fully saturated rings. The van der Waals surface area contributed by atoms with E-state index in [0.29, 0.717) is 13.2 Å². The molecule has 2 atom stereocenters. The number of ether oxygens (including phenoxy) is 1. The number of carboxylic acid groups (broad SMARTS) is 1. The molecule has 0 aromatic heterocycles. The van der Waals surface area contributed by atoms with Crippen molar-refractivity contribution in [2.45, 2.75) is 33.7 Å². The van der Waals surface area contributed by atoms with Crippen molar-refractivity contribution >= 4 is 12.0 Å². The summed E-state index contributed by atoms with van der Waals surface area (Å²) in [5, 5.41) is 14.2. The van der Waals surface area contributed by atoms with Gasteiger partial charge in [0, 0.05) is 13.7 Å². The Labute approximate surface area is 108 Å². The Hall–Kier alpha value is -1.30. The molecule has 0 aliphatic heterocycles. The Morgan fingerprint density at radius 3 is 2.28 bits per heavy atom. The molecule has 2 amide bonds. The van der Waals surface area contributed by atoms with Crippen molar-refractivity contribution in [3.05, 3.63) is 0 Å². The van der Waals surface area contributed by atoms with E-state index in [2.05, 4.69) is 10.6 Å². The van der Waals surface area contributed by atoms with E-state index >= 15 is 0 Å². The highest BCUT2D eigenvalue weighted by Gasteiger charge is 2.32. The van der Waals surface area contributed by atoms with Crippen LogP contribution in [0.4, 0.5) is 4.79 Å². The second-order valence-electron chi connectivity index (χ2n) is 5.55. The molecule has 2 unspecified atom stereocenters. The van der Waals surface area contributed by atoms with Gasteiger partial charge in [-0.2, -0.15) is 0 Å². The topological polar surface area (TPSA) is 87.7 Å². The summed E-state index contributed by atoms with van der Waals surface area (Å²) in [4.78, 5) is 22.6. The van der Waals surface area contributed by atoms with Crippen molar-refractivity contribution in [1.29, 1.82) is 0 Å². The smallest absolute Gasteiger partial charge is 0.326 e. The van der Waals surface area contributed by atoms with Crippen molar-refractivity contribution < 1.29 is 19.4 Å². The van der Waals surface area contributed by atoms with Crippen LogP contribution < -0.4 is 10.6 Å². The van der Waals surface area contributed by atoms with E-state index in [-0.39, 0.29) is 5.92 Å². The molecule has 0 bridgehead atoms. The minimum atomic E-state index is -1.04. The second kappa shape index (κ2) is 7.20. The van der Waals surface area contributed by atoms with E-state index in [1.165, 1.54) is 0 Å². The molecule has 6 heteroatoms. The average molecular weight is 260 g/mol. The largest absolute Gasteiger partial charge is 0.480 e. The Kier molecular flexibility index (Phi) is 6.68. The molecule has 0 heterocycles. The highest BCUT2D eigenvalue weighted by molar-refractivity contribution is 5.83. The second-order valence-corrected chi connectivity index (χ2v) is 5.55. The Bertz CT molecular complexity index is 286. The van der Waals surface area contributed by atoms with Crippen LogP contribution in [0, 0.1) is 11.3 Å². The third-order valence-electron chi connectivity index (χ3n) is 2.45. The van der Waals surface area contributed by atoms with E-state index in [0.717, 1.165) is 0 Å². The number of nitrogens with one attached hydrogen (secondary N) is 2. The quantitative estimate of drug-likeness (QED) is 0.666. The molecule has 106 valence electrons. The van der Waals surface area contributed by atoms with Crippen LogP contribution in [0.2, 0.25) is 0 Å². The lowest BCUT2D eigenvalue weighted by Gasteiger charge is -2.28. The number of carbonyl (C=O) groups is 2.